The molecule has 0 unspecified atom stereocenters. The Kier molecular flexibility index (Phi) is 5.83. The summed E-state index contributed by atoms with van der Waals surface area (Å²) in [5, 5.41) is 7.05. The number of hydrogen-bond donors (Lipinski definition) is 0. The van der Waals surface area contributed by atoms with Crippen LogP contribution in [-0.4, -0.2) is 0 Å². The minimum atomic E-state index is -0.473. The molecule has 0 aliphatic rings. The molecule has 0 amide bonds. The van der Waals surface area contributed by atoms with Gasteiger partial charge in [0.1, 0.15) is 11.2 Å². The Morgan fingerprint density at radius 1 is 0.393 bits per heavy atom. The summed E-state index contributed by atoms with van der Waals surface area (Å²) in [6, 6.07) is 49.0. The average Bonchev–Trinajstić information content (AvgIpc) is 3.72. The Morgan fingerprint density at radius 2 is 1.00 bits per heavy atom. The predicted octanol–water partition coefficient (Wildman–Crippen LogP) is 15.5. The maximum absolute atomic E-state index is 9.92. The fraction of sp³-hybridized carbons (Fsp3) is 0. The molecule has 0 saturated carbocycles. The van der Waals surface area contributed by atoms with E-state index in [1.54, 1.807) is 30.3 Å². The summed E-state index contributed by atoms with van der Waals surface area (Å²) in [4.78, 5) is 1.41. The third kappa shape index (κ3) is 5.51. The predicted molar refractivity (Wildman–Crippen MR) is 237 cm³/mol. The Balaban J connectivity index is 1.19. The van der Waals surface area contributed by atoms with Gasteiger partial charge in [-0.25, -0.2) is 0 Å². The summed E-state index contributed by atoms with van der Waals surface area (Å²) in [5.74, 6) is 0. The first-order valence-electron chi connectivity index (χ1n) is 22.5. The quantitative estimate of drug-likeness (QED) is 0.170. The minimum Gasteiger partial charge on any atom is -0.455 e. The summed E-state index contributed by atoms with van der Waals surface area (Å²) in [5.41, 5.74) is 3.94. The summed E-state index contributed by atoms with van der Waals surface area (Å²) < 4.78 is 83.1. The fourth-order valence-electron chi connectivity index (χ4n) is 7.79. The summed E-state index contributed by atoms with van der Waals surface area (Å²) in [6.45, 7) is 0. The Bertz CT molecular complexity index is 3720. The molecule has 1 aromatic heterocycles. The van der Waals surface area contributed by atoms with Crippen LogP contribution in [0.25, 0.3) is 87.6 Å². The van der Waals surface area contributed by atoms with Crippen molar-refractivity contribution in [2.24, 2.45) is 0 Å². The second-order valence-electron chi connectivity index (χ2n) is 13.9. The van der Waals surface area contributed by atoms with Crippen LogP contribution in [0.4, 0.5) is 17.1 Å². The van der Waals surface area contributed by atoms with Crippen LogP contribution in [0.3, 0.4) is 0 Å². The zero-order chi connectivity index (χ0) is 44.0. The third-order valence-corrected chi connectivity index (χ3v) is 10.5. The molecule has 0 spiro atoms. The second-order valence-corrected chi connectivity index (χ2v) is 13.9. The molecule has 262 valence electrons. The topological polar surface area (TPSA) is 16.4 Å². The van der Waals surface area contributed by atoms with E-state index in [9.17, 15) is 9.60 Å². The van der Waals surface area contributed by atoms with Crippen molar-refractivity contribution in [2.45, 2.75) is 0 Å². The van der Waals surface area contributed by atoms with Crippen molar-refractivity contribution in [2.75, 3.05) is 4.90 Å². The van der Waals surface area contributed by atoms with E-state index < -0.39 is 24.2 Å². The molecule has 0 N–H and O–H groups in total. The second kappa shape index (κ2) is 13.2. The van der Waals surface area contributed by atoms with E-state index in [0.717, 1.165) is 43.4 Å². The average molecular weight is 722 g/mol. The Morgan fingerprint density at radius 3 is 1.75 bits per heavy atom. The molecule has 0 radical (unpaired) electrons. The van der Waals surface area contributed by atoms with Gasteiger partial charge in [-0.1, -0.05) is 152 Å². The van der Waals surface area contributed by atoms with Gasteiger partial charge < -0.3 is 9.32 Å². The van der Waals surface area contributed by atoms with Crippen LogP contribution in [0.1, 0.15) is 11.0 Å². The fourth-order valence-corrected chi connectivity index (χ4v) is 7.79. The highest BCUT2D eigenvalue weighted by Crippen LogP contribution is 2.45. The lowest BCUT2D eigenvalue weighted by Crippen LogP contribution is -2.10. The van der Waals surface area contributed by atoms with Gasteiger partial charge in [-0.3, -0.25) is 0 Å². The van der Waals surface area contributed by atoms with E-state index in [1.165, 1.54) is 4.90 Å². The lowest BCUT2D eigenvalue weighted by Gasteiger charge is -2.27. The third-order valence-electron chi connectivity index (χ3n) is 10.5. The van der Waals surface area contributed by atoms with Gasteiger partial charge in [-0.2, -0.15) is 0 Å². The molecule has 0 bridgehead atoms. The number of fused-ring (bicyclic) bond motifs is 7. The molecule has 2 heteroatoms. The van der Waals surface area contributed by atoms with E-state index in [4.69, 9.17) is 5.79 Å². The van der Waals surface area contributed by atoms with Gasteiger partial charge in [0, 0.05) is 22.1 Å². The van der Waals surface area contributed by atoms with E-state index in [-0.39, 0.29) is 46.7 Å². The first kappa shape index (κ1) is 24.8. The van der Waals surface area contributed by atoms with Crippen molar-refractivity contribution in [1.82, 2.24) is 0 Å². The first-order chi connectivity index (χ1) is 31.1. The van der Waals surface area contributed by atoms with Crippen molar-refractivity contribution in [3.63, 3.8) is 0 Å². The Hall–Kier alpha value is -7.42. The molecular formula is C54H35NO. The molecule has 0 fully saturated rings. The molecule has 2 nitrogen and oxygen atoms in total. The molecule has 0 aliphatic carbocycles. The first-order valence-corrected chi connectivity index (χ1v) is 18.5. The number of furan rings is 1. The summed E-state index contributed by atoms with van der Waals surface area (Å²) >= 11 is 0. The number of rotatable bonds is 6. The number of anilines is 3. The van der Waals surface area contributed by atoms with E-state index in [2.05, 4.69) is 6.07 Å². The van der Waals surface area contributed by atoms with Crippen molar-refractivity contribution in [3.8, 4) is 33.4 Å². The van der Waals surface area contributed by atoms with Crippen LogP contribution in [0, 0.1) is 0 Å². The maximum Gasteiger partial charge on any atom is 0.143 e. The molecule has 0 saturated heterocycles. The van der Waals surface area contributed by atoms with Crippen LogP contribution in [-0.2, 0) is 0 Å². The maximum atomic E-state index is 9.92. The van der Waals surface area contributed by atoms with Crippen LogP contribution in [0.2, 0.25) is 0 Å². The number of hydrogen-bond acceptors (Lipinski definition) is 2. The molecule has 10 aromatic carbocycles. The molecule has 11 rings (SSSR count). The molecule has 1 heterocycles. The largest absolute Gasteiger partial charge is 0.455 e. The van der Waals surface area contributed by atoms with Crippen LogP contribution < -0.4 is 4.90 Å². The summed E-state index contributed by atoms with van der Waals surface area (Å²) in [7, 11) is 0. The van der Waals surface area contributed by atoms with E-state index in [0.29, 0.717) is 38.8 Å². The molecule has 11 aromatic rings. The normalized spacial score (nSPS) is 13.6. The number of benzene rings is 10. The highest BCUT2D eigenvalue weighted by molar-refractivity contribution is 6.19. The van der Waals surface area contributed by atoms with Crippen molar-refractivity contribution < 1.29 is 15.4 Å². The zero-order valence-corrected chi connectivity index (χ0v) is 29.9. The van der Waals surface area contributed by atoms with Gasteiger partial charge in [-0.05, 0) is 121 Å². The van der Waals surface area contributed by atoms with Gasteiger partial charge in [0.25, 0.3) is 0 Å². The van der Waals surface area contributed by atoms with Crippen molar-refractivity contribution in [3.05, 3.63) is 212 Å². The van der Waals surface area contributed by atoms with Gasteiger partial charge in [0.05, 0.1) is 22.0 Å². The van der Waals surface area contributed by atoms with Gasteiger partial charge >= 0.3 is 0 Å². The van der Waals surface area contributed by atoms with Crippen LogP contribution in [0.5, 0.6) is 0 Å². The highest BCUT2D eigenvalue weighted by atomic mass is 16.3. The molecule has 56 heavy (non-hydrogen) atoms. The van der Waals surface area contributed by atoms with Crippen LogP contribution >= 0.6 is 0 Å². The van der Waals surface area contributed by atoms with Crippen molar-refractivity contribution >= 4 is 71.3 Å². The van der Waals surface area contributed by atoms with Crippen molar-refractivity contribution in [1.29, 1.82) is 0 Å². The number of nitrogens with zero attached hydrogens (tertiary/aromatic N) is 1. The Labute approximate surface area is 336 Å². The van der Waals surface area contributed by atoms with Gasteiger partial charge in [0.2, 0.25) is 0 Å². The molecule has 0 aliphatic heterocycles. The highest BCUT2D eigenvalue weighted by Gasteiger charge is 2.21. The van der Waals surface area contributed by atoms with E-state index >= 15 is 0 Å². The zero-order valence-electron chi connectivity index (χ0n) is 37.9. The molecular weight excluding hydrogens is 679 g/mol. The van der Waals surface area contributed by atoms with Gasteiger partial charge in [-0.15, -0.1) is 0 Å². The standard InChI is InChI=1S/C54H35NO/c1-3-13-40-33-45(24-22-36(40)10-1)43-16-7-15-42(32-43)38-26-29-47(30-27-38)55(48-18-8-17-44(35-48)46-25-23-37-11-2-4-14-41(37)34-46)51-20-9-21-52-53(51)50-31-28-39-12-5-6-19-49(39)54(50)56-52/h1-35H/i8D,17D,18D,26D,27D,29D,30D,35D. The lowest BCUT2D eigenvalue weighted by atomic mass is 9.97. The smallest absolute Gasteiger partial charge is 0.143 e. The minimum absolute atomic E-state index is 0.0940. The van der Waals surface area contributed by atoms with Crippen LogP contribution in [0.15, 0.2) is 217 Å². The van der Waals surface area contributed by atoms with Gasteiger partial charge in [0.15, 0.2) is 0 Å². The SMILES string of the molecule is [2H]c1c([2H])c(-c2ccc3ccccc3c2)c([2H])c(N(c2c([2H])c([2H])c(-c3cccc(-c4ccc5ccccc5c4)c3)c([2H])c2[2H])c2cccc3oc4c5ccccc5ccc4c23)c1[2H]. The monoisotopic (exact) mass is 721 g/mol. The molecule has 0 atom stereocenters. The van der Waals surface area contributed by atoms with E-state index in [1.807, 2.05) is 127 Å². The summed E-state index contributed by atoms with van der Waals surface area (Å²) in [6.07, 6.45) is 0. The lowest BCUT2D eigenvalue weighted by molar-refractivity contribution is 0.672.